The molecule has 0 bridgehead atoms. The van der Waals surface area contributed by atoms with Crippen LogP contribution in [0.4, 0.5) is 0 Å². The number of hydrogen-bond acceptors (Lipinski definition) is 6. The Morgan fingerprint density at radius 1 is 1.08 bits per heavy atom. The van der Waals surface area contributed by atoms with Crippen molar-refractivity contribution in [2.75, 3.05) is 26.5 Å². The zero-order valence-corrected chi connectivity index (χ0v) is 23.1. The van der Waals surface area contributed by atoms with Gasteiger partial charge in [0.1, 0.15) is 5.78 Å². The van der Waals surface area contributed by atoms with Crippen molar-refractivity contribution >= 4 is 5.78 Å². The number of nitrogens with one attached hydrogen (secondary N) is 2. The van der Waals surface area contributed by atoms with Crippen molar-refractivity contribution in [3.63, 3.8) is 0 Å². The Balaban J connectivity index is 2.46. The normalized spacial score (nSPS) is 13.5. The Morgan fingerprint density at radius 3 is 2.43 bits per heavy atom. The van der Waals surface area contributed by atoms with E-state index in [9.17, 15) is 9.90 Å². The Labute approximate surface area is 225 Å². The van der Waals surface area contributed by atoms with Crippen molar-refractivity contribution in [1.29, 1.82) is 0 Å². The predicted molar refractivity (Wildman–Crippen MR) is 152 cm³/mol. The van der Waals surface area contributed by atoms with Gasteiger partial charge in [0.2, 0.25) is 0 Å². The molecule has 4 N–H and O–H groups in total. The molecule has 0 spiro atoms. The van der Waals surface area contributed by atoms with Crippen LogP contribution in [0.2, 0.25) is 0 Å². The fourth-order valence-corrected chi connectivity index (χ4v) is 4.39. The number of ketones is 1. The lowest BCUT2D eigenvalue weighted by molar-refractivity contribution is -0.121. The van der Waals surface area contributed by atoms with E-state index in [1.807, 2.05) is 24.3 Å². The molecule has 0 amide bonds. The summed E-state index contributed by atoms with van der Waals surface area (Å²) in [7, 11) is 0. The second-order valence-electron chi connectivity index (χ2n) is 10.00. The van der Waals surface area contributed by atoms with Gasteiger partial charge in [-0.25, -0.2) is 0 Å². The molecule has 0 aliphatic carbocycles. The summed E-state index contributed by atoms with van der Waals surface area (Å²) in [4.78, 5) is 12.2. The molecule has 0 saturated heterocycles. The number of hydrogen-bond donors (Lipinski definition) is 4. The molecule has 6 heteroatoms. The zero-order chi connectivity index (χ0) is 27.3. The molecule has 37 heavy (non-hydrogen) atoms. The summed E-state index contributed by atoms with van der Waals surface area (Å²) in [6.45, 7) is 9.04. The molecule has 0 radical (unpaired) electrons. The van der Waals surface area contributed by atoms with Crippen LogP contribution in [0.25, 0.3) is 0 Å². The molecule has 0 fully saturated rings. The number of aliphatic hydroxyl groups excluding tert-OH is 2. The number of benzene rings is 1. The highest BCUT2D eigenvalue weighted by atomic mass is 16.5. The lowest BCUT2D eigenvalue weighted by atomic mass is 9.90. The van der Waals surface area contributed by atoms with Gasteiger partial charge in [-0.1, -0.05) is 63.7 Å². The van der Waals surface area contributed by atoms with E-state index >= 15 is 0 Å². The molecule has 0 heterocycles. The first-order chi connectivity index (χ1) is 17.9. The van der Waals surface area contributed by atoms with Gasteiger partial charge < -0.3 is 20.3 Å². The van der Waals surface area contributed by atoms with Gasteiger partial charge in [-0.3, -0.25) is 10.1 Å². The molecule has 0 aromatic heterocycles. The van der Waals surface area contributed by atoms with Crippen molar-refractivity contribution < 1.29 is 19.7 Å². The smallest absolute Gasteiger partial charge is 0.132 e. The third-order valence-electron chi connectivity index (χ3n) is 6.78. The minimum absolute atomic E-state index is 0.0148. The highest BCUT2D eigenvalue weighted by Crippen LogP contribution is 2.20. The Kier molecular flexibility index (Phi) is 18.5. The molecule has 1 aromatic rings. The van der Waals surface area contributed by atoms with Crippen molar-refractivity contribution in [1.82, 2.24) is 10.6 Å². The van der Waals surface area contributed by atoms with Gasteiger partial charge in [-0.15, -0.1) is 6.42 Å². The average Bonchev–Trinajstić information content (AvgIpc) is 2.89. The number of terminal acetylenes is 1. The van der Waals surface area contributed by atoms with Crippen LogP contribution in [0.3, 0.4) is 0 Å². The maximum atomic E-state index is 12.2. The first-order valence-electron chi connectivity index (χ1n) is 14.0. The summed E-state index contributed by atoms with van der Waals surface area (Å²) in [5, 5.41) is 26.2. The maximum absolute atomic E-state index is 12.2. The van der Waals surface area contributed by atoms with Crippen LogP contribution in [0.1, 0.15) is 89.2 Å². The summed E-state index contributed by atoms with van der Waals surface area (Å²) in [5.41, 5.74) is 2.82. The Bertz CT molecular complexity index is 787. The Hall–Kier alpha value is -2.17. The van der Waals surface area contributed by atoms with E-state index in [0.29, 0.717) is 26.1 Å². The molecule has 3 atom stereocenters. The largest absolute Gasteiger partial charge is 0.394 e. The standard InChI is InChI=1S/C31H50N2O4/c1-5-7-8-9-10-11-29(26(4)35)16-17-30(33-24-37-21-20-34)18-19-31(36)23-32-25(3)22-28-14-12-27(6-2)13-15-28/h2,12-15,29-34,36H,3,5,7-11,16-24H2,1,4H3. The Morgan fingerprint density at radius 2 is 1.78 bits per heavy atom. The highest BCUT2D eigenvalue weighted by molar-refractivity contribution is 5.78. The molecule has 0 aliphatic heterocycles. The van der Waals surface area contributed by atoms with Crippen LogP contribution in [-0.2, 0) is 16.0 Å². The maximum Gasteiger partial charge on any atom is 0.132 e. The summed E-state index contributed by atoms with van der Waals surface area (Å²) < 4.78 is 5.40. The molecule has 1 rings (SSSR count). The van der Waals surface area contributed by atoms with E-state index in [1.165, 1.54) is 25.7 Å². The predicted octanol–water partition coefficient (Wildman–Crippen LogP) is 4.73. The van der Waals surface area contributed by atoms with Crippen molar-refractivity contribution in [3.8, 4) is 12.3 Å². The van der Waals surface area contributed by atoms with Crippen LogP contribution in [0, 0.1) is 18.3 Å². The molecule has 208 valence electrons. The number of carbonyl (C=O) groups is 1. The highest BCUT2D eigenvalue weighted by Gasteiger charge is 2.18. The van der Waals surface area contributed by atoms with Gasteiger partial charge in [0.05, 0.1) is 26.0 Å². The molecular weight excluding hydrogens is 464 g/mol. The fraction of sp³-hybridized carbons (Fsp3) is 0.645. The molecular formula is C31H50N2O4. The van der Waals surface area contributed by atoms with Gasteiger partial charge >= 0.3 is 0 Å². The minimum atomic E-state index is -0.509. The average molecular weight is 515 g/mol. The van der Waals surface area contributed by atoms with E-state index in [0.717, 1.165) is 48.9 Å². The van der Waals surface area contributed by atoms with E-state index < -0.39 is 6.10 Å². The zero-order valence-electron chi connectivity index (χ0n) is 23.1. The van der Waals surface area contributed by atoms with E-state index in [1.54, 1.807) is 6.92 Å². The second kappa shape index (κ2) is 20.8. The van der Waals surface area contributed by atoms with Crippen molar-refractivity contribution in [2.24, 2.45) is 5.92 Å². The van der Waals surface area contributed by atoms with Gasteiger partial charge in [-0.2, -0.15) is 0 Å². The van der Waals surface area contributed by atoms with Gasteiger partial charge in [0.25, 0.3) is 0 Å². The molecule has 0 saturated carbocycles. The van der Waals surface area contributed by atoms with Crippen LogP contribution in [-0.4, -0.2) is 54.6 Å². The SMILES string of the molecule is C#Cc1ccc(CC(=C)NCC(O)CCC(CCC(CCCCCCC)C(C)=O)NCOCCO)cc1. The minimum Gasteiger partial charge on any atom is -0.394 e. The van der Waals surface area contributed by atoms with Gasteiger partial charge in [-0.05, 0) is 56.7 Å². The number of unbranched alkanes of at least 4 members (excludes halogenated alkanes) is 4. The summed E-state index contributed by atoms with van der Waals surface area (Å²) in [5.74, 6) is 2.97. The number of ether oxygens (including phenoxy) is 1. The van der Waals surface area contributed by atoms with E-state index in [2.05, 4.69) is 30.1 Å². The number of carbonyl (C=O) groups excluding carboxylic acids is 1. The summed E-state index contributed by atoms with van der Waals surface area (Å²) in [6.07, 6.45) is 15.6. The first kappa shape index (κ1) is 32.9. The topological polar surface area (TPSA) is 90.8 Å². The fourth-order valence-electron chi connectivity index (χ4n) is 4.39. The van der Waals surface area contributed by atoms with Crippen LogP contribution in [0.5, 0.6) is 0 Å². The van der Waals surface area contributed by atoms with E-state index in [4.69, 9.17) is 16.3 Å². The third-order valence-corrected chi connectivity index (χ3v) is 6.78. The molecule has 0 aliphatic rings. The molecule has 6 nitrogen and oxygen atoms in total. The first-order valence-corrected chi connectivity index (χ1v) is 14.0. The van der Waals surface area contributed by atoms with Crippen molar-refractivity contribution in [3.05, 3.63) is 47.7 Å². The van der Waals surface area contributed by atoms with Crippen LogP contribution >= 0.6 is 0 Å². The van der Waals surface area contributed by atoms with Gasteiger partial charge in [0.15, 0.2) is 0 Å². The van der Waals surface area contributed by atoms with Crippen LogP contribution < -0.4 is 10.6 Å². The van der Waals surface area contributed by atoms with Crippen molar-refractivity contribution in [2.45, 2.75) is 96.6 Å². The monoisotopic (exact) mass is 514 g/mol. The number of rotatable bonds is 23. The van der Waals surface area contributed by atoms with E-state index in [-0.39, 0.29) is 31.0 Å². The number of Topliss-reactive ketones (excluding diaryl/α,β-unsaturated/α-hetero) is 1. The quantitative estimate of drug-likeness (QED) is 0.0959. The summed E-state index contributed by atoms with van der Waals surface area (Å²) >= 11 is 0. The number of aliphatic hydroxyl groups is 2. The second-order valence-corrected chi connectivity index (χ2v) is 10.00. The lowest BCUT2D eigenvalue weighted by Gasteiger charge is -2.23. The lowest BCUT2D eigenvalue weighted by Crippen LogP contribution is -2.34. The van der Waals surface area contributed by atoms with Gasteiger partial charge in [0, 0.05) is 36.2 Å². The number of allylic oxidation sites excluding steroid dienone is 1. The molecule has 3 unspecified atom stereocenters. The molecule has 1 aromatic carbocycles. The third kappa shape index (κ3) is 16.3. The summed E-state index contributed by atoms with van der Waals surface area (Å²) in [6, 6.07) is 7.95. The van der Waals surface area contributed by atoms with Crippen LogP contribution in [0.15, 0.2) is 36.5 Å².